The van der Waals surface area contributed by atoms with Gasteiger partial charge in [-0.25, -0.2) is 0 Å². The van der Waals surface area contributed by atoms with Crippen LogP contribution >= 0.6 is 0 Å². The molecule has 1 atom stereocenters. The van der Waals surface area contributed by atoms with Crippen LogP contribution in [0.4, 0.5) is 0 Å². The van der Waals surface area contributed by atoms with Crippen LogP contribution in [0.5, 0.6) is 5.75 Å². The second-order valence-corrected chi connectivity index (χ2v) is 4.12. The maximum Gasteiger partial charge on any atom is 0.119 e. The predicted molar refractivity (Wildman–Crippen MR) is 64.4 cm³/mol. The van der Waals surface area contributed by atoms with Crippen LogP contribution in [-0.2, 0) is 0 Å². The minimum absolute atomic E-state index is 0.666. The summed E-state index contributed by atoms with van der Waals surface area (Å²) in [5, 5.41) is 3.17. The minimum Gasteiger partial charge on any atom is -0.494 e. The Hall–Kier alpha value is -1.02. The van der Waals surface area contributed by atoms with E-state index >= 15 is 0 Å². The van der Waals surface area contributed by atoms with Crippen LogP contribution < -0.4 is 10.1 Å². The molecule has 1 aromatic rings. The summed E-state index contributed by atoms with van der Waals surface area (Å²) in [6.45, 7) is 6.16. The lowest BCUT2D eigenvalue weighted by Crippen LogP contribution is -2.18. The van der Waals surface area contributed by atoms with Crippen LogP contribution in [-0.4, -0.2) is 20.2 Å². The summed E-state index contributed by atoms with van der Waals surface area (Å²) in [5.74, 6) is 1.64. The summed E-state index contributed by atoms with van der Waals surface area (Å²) in [7, 11) is 1.98. The molecule has 0 amide bonds. The van der Waals surface area contributed by atoms with E-state index in [1.54, 1.807) is 0 Å². The van der Waals surface area contributed by atoms with Crippen molar-refractivity contribution in [3.8, 4) is 5.75 Å². The van der Waals surface area contributed by atoms with Gasteiger partial charge in [0.1, 0.15) is 5.75 Å². The highest BCUT2D eigenvalue weighted by atomic mass is 16.5. The van der Waals surface area contributed by atoms with Crippen LogP contribution in [0.15, 0.2) is 24.3 Å². The third-order valence-electron chi connectivity index (χ3n) is 2.42. The van der Waals surface area contributed by atoms with Crippen LogP contribution in [0.1, 0.15) is 18.9 Å². The van der Waals surface area contributed by atoms with Gasteiger partial charge in [0, 0.05) is 0 Å². The van der Waals surface area contributed by atoms with Crippen molar-refractivity contribution in [1.29, 1.82) is 0 Å². The van der Waals surface area contributed by atoms with Gasteiger partial charge in [-0.15, -0.1) is 0 Å². The van der Waals surface area contributed by atoms with Crippen molar-refractivity contribution >= 4 is 0 Å². The SMILES string of the molecule is CNCC(C)CCOc1cccc(C)c1. The van der Waals surface area contributed by atoms with Gasteiger partial charge in [0.25, 0.3) is 0 Å². The highest BCUT2D eigenvalue weighted by Crippen LogP contribution is 2.13. The molecule has 0 heterocycles. The molecule has 1 N–H and O–H groups in total. The summed E-state index contributed by atoms with van der Waals surface area (Å²) in [6, 6.07) is 8.19. The average Bonchev–Trinajstić information content (AvgIpc) is 2.18. The van der Waals surface area contributed by atoms with Crippen LogP contribution in [0, 0.1) is 12.8 Å². The first-order chi connectivity index (χ1) is 7.22. The van der Waals surface area contributed by atoms with E-state index in [1.165, 1.54) is 5.56 Å². The van der Waals surface area contributed by atoms with Gasteiger partial charge >= 0.3 is 0 Å². The number of nitrogens with one attached hydrogen (secondary N) is 1. The lowest BCUT2D eigenvalue weighted by atomic mass is 10.1. The van der Waals surface area contributed by atoms with Gasteiger partial charge in [0.2, 0.25) is 0 Å². The lowest BCUT2D eigenvalue weighted by Gasteiger charge is -2.11. The minimum atomic E-state index is 0.666. The molecule has 1 rings (SSSR count). The molecule has 15 heavy (non-hydrogen) atoms. The van der Waals surface area contributed by atoms with Gasteiger partial charge in [0.05, 0.1) is 6.61 Å². The summed E-state index contributed by atoms with van der Waals surface area (Å²) in [4.78, 5) is 0. The summed E-state index contributed by atoms with van der Waals surface area (Å²) in [6.07, 6.45) is 1.09. The molecule has 0 fully saturated rings. The number of aryl methyl sites for hydroxylation is 1. The third kappa shape index (κ3) is 4.84. The molecular formula is C13H21NO. The lowest BCUT2D eigenvalue weighted by molar-refractivity contribution is 0.282. The fourth-order valence-corrected chi connectivity index (χ4v) is 1.53. The second kappa shape index (κ2) is 6.46. The first-order valence-electron chi connectivity index (χ1n) is 5.56. The molecule has 0 aromatic heterocycles. The Balaban J connectivity index is 2.25. The molecule has 2 nitrogen and oxygen atoms in total. The van der Waals surface area contributed by atoms with Crippen molar-refractivity contribution in [2.24, 2.45) is 5.92 Å². The molecule has 0 radical (unpaired) electrons. The van der Waals surface area contributed by atoms with E-state index in [4.69, 9.17) is 4.74 Å². The predicted octanol–water partition coefficient (Wildman–Crippen LogP) is 2.62. The van der Waals surface area contributed by atoms with Crippen molar-refractivity contribution in [3.05, 3.63) is 29.8 Å². The van der Waals surface area contributed by atoms with E-state index in [0.29, 0.717) is 5.92 Å². The zero-order valence-corrected chi connectivity index (χ0v) is 9.92. The molecule has 0 saturated carbocycles. The Labute approximate surface area is 92.6 Å². The van der Waals surface area contributed by atoms with Gasteiger partial charge in [-0.05, 0) is 50.6 Å². The van der Waals surface area contributed by atoms with Gasteiger partial charge in [-0.1, -0.05) is 19.1 Å². The zero-order valence-electron chi connectivity index (χ0n) is 9.92. The van der Waals surface area contributed by atoms with Gasteiger partial charge < -0.3 is 10.1 Å². The van der Waals surface area contributed by atoms with Crippen molar-refractivity contribution in [1.82, 2.24) is 5.32 Å². The molecule has 0 aliphatic rings. The van der Waals surface area contributed by atoms with Gasteiger partial charge in [0.15, 0.2) is 0 Å². The Morgan fingerprint density at radius 3 is 2.87 bits per heavy atom. The Bertz CT molecular complexity index is 286. The smallest absolute Gasteiger partial charge is 0.119 e. The highest BCUT2D eigenvalue weighted by Gasteiger charge is 2.00. The molecule has 0 aliphatic carbocycles. The molecular weight excluding hydrogens is 186 g/mol. The first-order valence-corrected chi connectivity index (χ1v) is 5.56. The number of rotatable bonds is 6. The standard InChI is InChI=1S/C13H21NO/c1-11-5-4-6-13(9-11)15-8-7-12(2)10-14-3/h4-6,9,12,14H,7-8,10H2,1-3H3. The van der Waals surface area contributed by atoms with Gasteiger partial charge in [-0.2, -0.15) is 0 Å². The number of ether oxygens (including phenoxy) is 1. The number of hydrogen-bond acceptors (Lipinski definition) is 2. The number of hydrogen-bond donors (Lipinski definition) is 1. The average molecular weight is 207 g/mol. The zero-order chi connectivity index (χ0) is 11.1. The van der Waals surface area contributed by atoms with E-state index in [-0.39, 0.29) is 0 Å². The third-order valence-corrected chi connectivity index (χ3v) is 2.42. The fourth-order valence-electron chi connectivity index (χ4n) is 1.53. The topological polar surface area (TPSA) is 21.3 Å². The molecule has 1 aromatic carbocycles. The largest absolute Gasteiger partial charge is 0.494 e. The Kier molecular flexibility index (Phi) is 5.19. The van der Waals surface area contributed by atoms with Gasteiger partial charge in [-0.3, -0.25) is 0 Å². The van der Waals surface area contributed by atoms with Crippen molar-refractivity contribution < 1.29 is 4.74 Å². The Morgan fingerprint density at radius 2 is 2.20 bits per heavy atom. The van der Waals surface area contributed by atoms with Crippen molar-refractivity contribution in [2.45, 2.75) is 20.3 Å². The van der Waals surface area contributed by atoms with Crippen LogP contribution in [0.25, 0.3) is 0 Å². The van der Waals surface area contributed by atoms with Crippen molar-refractivity contribution in [3.63, 3.8) is 0 Å². The maximum atomic E-state index is 5.68. The summed E-state index contributed by atoms with van der Waals surface area (Å²) < 4.78 is 5.68. The molecule has 0 bridgehead atoms. The fraction of sp³-hybridized carbons (Fsp3) is 0.538. The molecule has 84 valence electrons. The molecule has 0 aliphatic heterocycles. The van der Waals surface area contributed by atoms with Crippen LogP contribution in [0.3, 0.4) is 0 Å². The molecule has 2 heteroatoms. The second-order valence-electron chi connectivity index (χ2n) is 4.12. The van der Waals surface area contributed by atoms with E-state index in [1.807, 2.05) is 19.2 Å². The van der Waals surface area contributed by atoms with Crippen LogP contribution in [0.2, 0.25) is 0 Å². The normalized spacial score (nSPS) is 12.5. The molecule has 1 unspecified atom stereocenters. The highest BCUT2D eigenvalue weighted by molar-refractivity contribution is 5.27. The Morgan fingerprint density at radius 1 is 1.40 bits per heavy atom. The monoisotopic (exact) mass is 207 g/mol. The summed E-state index contributed by atoms with van der Waals surface area (Å²) in [5.41, 5.74) is 1.25. The van der Waals surface area contributed by atoms with E-state index in [2.05, 4.69) is 31.3 Å². The van der Waals surface area contributed by atoms with E-state index in [0.717, 1.165) is 25.3 Å². The maximum absolute atomic E-state index is 5.68. The van der Waals surface area contributed by atoms with E-state index < -0.39 is 0 Å². The molecule has 0 saturated heterocycles. The van der Waals surface area contributed by atoms with Crippen molar-refractivity contribution in [2.75, 3.05) is 20.2 Å². The van der Waals surface area contributed by atoms with E-state index in [9.17, 15) is 0 Å². The first kappa shape index (κ1) is 12.1. The summed E-state index contributed by atoms with van der Waals surface area (Å²) >= 11 is 0. The number of benzene rings is 1. The quantitative estimate of drug-likeness (QED) is 0.774. The molecule has 0 spiro atoms.